The molecule has 3 heteroatoms. The lowest BCUT2D eigenvalue weighted by molar-refractivity contribution is 0.0134. The van der Waals surface area contributed by atoms with Crippen molar-refractivity contribution >= 4 is 5.69 Å². The van der Waals surface area contributed by atoms with E-state index in [-0.39, 0.29) is 0 Å². The fourth-order valence-corrected chi connectivity index (χ4v) is 2.30. The number of anilines is 1. The summed E-state index contributed by atoms with van der Waals surface area (Å²) >= 11 is 0. The molecule has 1 unspecified atom stereocenters. The highest BCUT2D eigenvalue weighted by Crippen LogP contribution is 2.19. The molecule has 1 aliphatic heterocycles. The highest BCUT2D eigenvalue weighted by atomic mass is 16.5. The third-order valence-electron chi connectivity index (χ3n) is 3.35. The minimum Gasteiger partial charge on any atom is -0.384 e. The molecule has 0 radical (unpaired) electrons. The fraction of sp³-hybridized carbons (Fsp3) is 0.533. The average molecular weight is 244 g/mol. The summed E-state index contributed by atoms with van der Waals surface area (Å²) in [5, 5.41) is 12.4. The number of aryl methyl sites for hydroxylation is 1. The minimum absolute atomic E-state index is 0.390. The maximum absolute atomic E-state index is 9.04. The summed E-state index contributed by atoms with van der Waals surface area (Å²) in [6.45, 7) is 3.80. The van der Waals surface area contributed by atoms with Gasteiger partial charge in [0.15, 0.2) is 0 Å². The molecule has 18 heavy (non-hydrogen) atoms. The zero-order chi connectivity index (χ0) is 12.8. The van der Waals surface area contributed by atoms with E-state index < -0.39 is 0 Å². The first kappa shape index (κ1) is 12.9. The van der Waals surface area contributed by atoms with Crippen molar-refractivity contribution < 1.29 is 4.74 Å². The van der Waals surface area contributed by atoms with Crippen molar-refractivity contribution in [2.45, 2.75) is 38.7 Å². The lowest BCUT2D eigenvalue weighted by Gasteiger charge is -2.22. The van der Waals surface area contributed by atoms with E-state index in [4.69, 9.17) is 10.00 Å². The molecule has 1 aromatic carbocycles. The molecule has 0 spiro atoms. The van der Waals surface area contributed by atoms with Crippen LogP contribution in [0.15, 0.2) is 18.2 Å². The number of hydrogen-bond donors (Lipinski definition) is 1. The lowest BCUT2D eigenvalue weighted by atomic mass is 10.1. The van der Waals surface area contributed by atoms with Gasteiger partial charge in [-0.25, -0.2) is 0 Å². The summed E-state index contributed by atoms with van der Waals surface area (Å²) in [5.41, 5.74) is 2.82. The molecule has 96 valence electrons. The van der Waals surface area contributed by atoms with Crippen molar-refractivity contribution in [2.24, 2.45) is 0 Å². The molecule has 1 saturated heterocycles. The SMILES string of the molecule is Cc1ccc(C#N)c(NCCC2CCCCO2)c1. The Balaban J connectivity index is 1.86. The van der Waals surface area contributed by atoms with Gasteiger partial charge < -0.3 is 10.1 Å². The Morgan fingerprint density at radius 3 is 3.06 bits per heavy atom. The van der Waals surface area contributed by atoms with E-state index in [2.05, 4.69) is 11.4 Å². The number of ether oxygens (including phenoxy) is 1. The summed E-state index contributed by atoms with van der Waals surface area (Å²) in [4.78, 5) is 0. The van der Waals surface area contributed by atoms with Crippen LogP contribution in [0.5, 0.6) is 0 Å². The second-order valence-corrected chi connectivity index (χ2v) is 4.86. The van der Waals surface area contributed by atoms with Crippen LogP contribution in [0.25, 0.3) is 0 Å². The highest BCUT2D eigenvalue weighted by molar-refractivity contribution is 5.58. The Labute approximate surface area is 109 Å². The summed E-state index contributed by atoms with van der Waals surface area (Å²) in [7, 11) is 0. The molecule has 0 aromatic heterocycles. The van der Waals surface area contributed by atoms with Crippen molar-refractivity contribution in [3.63, 3.8) is 0 Å². The zero-order valence-electron chi connectivity index (χ0n) is 10.9. The number of nitriles is 1. The predicted molar refractivity (Wildman–Crippen MR) is 72.6 cm³/mol. The van der Waals surface area contributed by atoms with Crippen molar-refractivity contribution in [1.82, 2.24) is 0 Å². The van der Waals surface area contributed by atoms with Gasteiger partial charge in [-0.2, -0.15) is 5.26 Å². The molecule has 0 amide bonds. The number of nitrogens with one attached hydrogen (secondary N) is 1. The topological polar surface area (TPSA) is 45.0 Å². The zero-order valence-corrected chi connectivity index (χ0v) is 10.9. The molecule has 2 rings (SSSR count). The Bertz CT molecular complexity index is 431. The van der Waals surface area contributed by atoms with Crippen LogP contribution >= 0.6 is 0 Å². The largest absolute Gasteiger partial charge is 0.384 e. The maximum Gasteiger partial charge on any atom is 0.101 e. The third kappa shape index (κ3) is 3.48. The van der Waals surface area contributed by atoms with Gasteiger partial charge in [0.1, 0.15) is 6.07 Å². The van der Waals surface area contributed by atoms with Gasteiger partial charge in [0, 0.05) is 13.2 Å². The average Bonchev–Trinajstić information content (AvgIpc) is 2.40. The van der Waals surface area contributed by atoms with Gasteiger partial charge in [-0.3, -0.25) is 0 Å². The number of hydrogen-bond acceptors (Lipinski definition) is 3. The van der Waals surface area contributed by atoms with Crippen LogP contribution in [0.1, 0.15) is 36.8 Å². The van der Waals surface area contributed by atoms with E-state index in [9.17, 15) is 0 Å². The molecule has 1 heterocycles. The van der Waals surface area contributed by atoms with E-state index >= 15 is 0 Å². The first-order chi connectivity index (χ1) is 8.79. The first-order valence-electron chi connectivity index (χ1n) is 6.66. The van der Waals surface area contributed by atoms with Crippen LogP contribution in [-0.2, 0) is 4.74 Å². The van der Waals surface area contributed by atoms with E-state index in [0.29, 0.717) is 11.7 Å². The van der Waals surface area contributed by atoms with Crippen molar-refractivity contribution in [2.75, 3.05) is 18.5 Å². The summed E-state index contributed by atoms with van der Waals surface area (Å²) < 4.78 is 5.69. The maximum atomic E-state index is 9.04. The minimum atomic E-state index is 0.390. The smallest absolute Gasteiger partial charge is 0.101 e. The third-order valence-corrected chi connectivity index (χ3v) is 3.35. The fourth-order valence-electron chi connectivity index (χ4n) is 2.30. The number of nitrogens with zero attached hydrogens (tertiary/aromatic N) is 1. The standard InChI is InChI=1S/C15H20N2O/c1-12-5-6-13(11-16)15(10-12)17-8-7-14-4-2-3-9-18-14/h5-6,10,14,17H,2-4,7-9H2,1H3. The molecule has 1 aliphatic rings. The van der Waals surface area contributed by atoms with Gasteiger partial charge in [0.25, 0.3) is 0 Å². The molecule has 1 aromatic rings. The summed E-state index contributed by atoms with van der Waals surface area (Å²) in [6.07, 6.45) is 5.04. The highest BCUT2D eigenvalue weighted by Gasteiger charge is 2.13. The molecule has 3 nitrogen and oxygen atoms in total. The molecular formula is C15H20N2O. The predicted octanol–water partition coefficient (Wildman–Crippen LogP) is 3.24. The lowest BCUT2D eigenvalue weighted by Crippen LogP contribution is -2.22. The van der Waals surface area contributed by atoms with E-state index in [0.717, 1.165) is 25.3 Å². The summed E-state index contributed by atoms with van der Waals surface area (Å²) in [6, 6.07) is 8.08. The van der Waals surface area contributed by atoms with Gasteiger partial charge >= 0.3 is 0 Å². The van der Waals surface area contributed by atoms with Crippen LogP contribution < -0.4 is 5.32 Å². The Kier molecular flexibility index (Phi) is 4.60. The van der Waals surface area contributed by atoms with Crippen molar-refractivity contribution in [1.29, 1.82) is 5.26 Å². The van der Waals surface area contributed by atoms with Crippen LogP contribution in [-0.4, -0.2) is 19.3 Å². The normalized spacial score (nSPS) is 19.2. The van der Waals surface area contributed by atoms with Gasteiger partial charge in [-0.15, -0.1) is 0 Å². The second-order valence-electron chi connectivity index (χ2n) is 4.86. The summed E-state index contributed by atoms with van der Waals surface area (Å²) in [5.74, 6) is 0. The molecule has 1 N–H and O–H groups in total. The van der Waals surface area contributed by atoms with Crippen LogP contribution in [0, 0.1) is 18.3 Å². The molecule has 0 aliphatic carbocycles. The van der Waals surface area contributed by atoms with Gasteiger partial charge in [0.2, 0.25) is 0 Å². The van der Waals surface area contributed by atoms with Crippen molar-refractivity contribution in [3.8, 4) is 6.07 Å². The van der Waals surface area contributed by atoms with Crippen LogP contribution in [0.2, 0.25) is 0 Å². The van der Waals surface area contributed by atoms with Gasteiger partial charge in [0.05, 0.1) is 17.4 Å². The van der Waals surface area contributed by atoms with E-state index in [1.807, 2.05) is 25.1 Å². The number of benzene rings is 1. The Morgan fingerprint density at radius 1 is 1.44 bits per heavy atom. The Morgan fingerprint density at radius 2 is 2.33 bits per heavy atom. The molecule has 0 bridgehead atoms. The van der Waals surface area contributed by atoms with Gasteiger partial charge in [-0.1, -0.05) is 6.07 Å². The molecule has 1 atom stereocenters. The van der Waals surface area contributed by atoms with Crippen LogP contribution in [0.3, 0.4) is 0 Å². The van der Waals surface area contributed by atoms with Gasteiger partial charge in [-0.05, 0) is 50.3 Å². The number of rotatable bonds is 4. The molecular weight excluding hydrogens is 224 g/mol. The van der Waals surface area contributed by atoms with E-state index in [1.54, 1.807) is 0 Å². The van der Waals surface area contributed by atoms with Crippen LogP contribution in [0.4, 0.5) is 5.69 Å². The van der Waals surface area contributed by atoms with E-state index in [1.165, 1.54) is 24.8 Å². The second kappa shape index (κ2) is 6.42. The quantitative estimate of drug-likeness (QED) is 0.884. The van der Waals surface area contributed by atoms with Crippen molar-refractivity contribution in [3.05, 3.63) is 29.3 Å². The Hall–Kier alpha value is -1.53. The molecule has 0 saturated carbocycles. The molecule has 1 fully saturated rings. The first-order valence-corrected chi connectivity index (χ1v) is 6.66. The monoisotopic (exact) mass is 244 g/mol.